The Kier molecular flexibility index (Phi) is 2.88. The molecule has 124 valence electrons. The predicted octanol–water partition coefficient (Wildman–Crippen LogP) is 2.85. The highest BCUT2D eigenvalue weighted by atomic mass is 16.5. The Bertz CT molecular complexity index is 797. The molecular formula is C20H22N2O2. The fourth-order valence-electron chi connectivity index (χ4n) is 5.77. The number of carbonyl (C=O) groups excluding carboxylic acids is 1. The fourth-order valence-corrected chi connectivity index (χ4v) is 5.77. The van der Waals surface area contributed by atoms with Crippen LogP contribution in [0.3, 0.4) is 0 Å². The summed E-state index contributed by atoms with van der Waals surface area (Å²) in [4.78, 5) is 20.5. The number of methoxy groups -OCH3 is 1. The van der Waals surface area contributed by atoms with Gasteiger partial charge in [-0.3, -0.25) is 14.7 Å². The average molecular weight is 322 g/mol. The maximum absolute atomic E-state index is 12.9. The van der Waals surface area contributed by atoms with E-state index in [-0.39, 0.29) is 23.2 Å². The normalized spacial score (nSPS) is 37.8. The van der Waals surface area contributed by atoms with Crippen molar-refractivity contribution in [2.24, 2.45) is 16.8 Å². The first-order valence-electron chi connectivity index (χ1n) is 8.86. The SMILES string of the molecule is C/C=C1\CN2CC[C@@]34C(=Nc5ccccc53)[C@H]2C[C@H]1[C@@H]4C(=O)OC. The number of ether oxygens (including phenoxy) is 1. The molecular weight excluding hydrogens is 300 g/mol. The molecule has 1 aliphatic carbocycles. The average Bonchev–Trinajstić information content (AvgIpc) is 2.96. The highest BCUT2D eigenvalue weighted by Gasteiger charge is 2.65. The van der Waals surface area contributed by atoms with Gasteiger partial charge in [-0.2, -0.15) is 0 Å². The van der Waals surface area contributed by atoms with E-state index in [2.05, 4.69) is 36.1 Å². The molecule has 2 saturated heterocycles. The number of fused-ring (bicyclic) bond motifs is 2. The minimum atomic E-state index is -0.261. The van der Waals surface area contributed by atoms with E-state index in [0.717, 1.165) is 31.6 Å². The summed E-state index contributed by atoms with van der Waals surface area (Å²) >= 11 is 0. The zero-order valence-corrected chi connectivity index (χ0v) is 14.2. The van der Waals surface area contributed by atoms with Gasteiger partial charge in [0.05, 0.1) is 24.1 Å². The van der Waals surface area contributed by atoms with Gasteiger partial charge >= 0.3 is 5.97 Å². The van der Waals surface area contributed by atoms with Crippen LogP contribution in [0.1, 0.15) is 25.3 Å². The van der Waals surface area contributed by atoms with Gasteiger partial charge in [0.2, 0.25) is 0 Å². The number of para-hydroxylation sites is 1. The van der Waals surface area contributed by atoms with Crippen molar-refractivity contribution in [3.8, 4) is 0 Å². The predicted molar refractivity (Wildman–Crippen MR) is 92.6 cm³/mol. The van der Waals surface area contributed by atoms with E-state index in [1.54, 1.807) is 0 Å². The van der Waals surface area contributed by atoms with Gasteiger partial charge in [0, 0.05) is 24.8 Å². The van der Waals surface area contributed by atoms with Gasteiger partial charge < -0.3 is 4.74 Å². The standard InChI is InChI=1S/C20H22N2O2/c1-3-12-11-22-9-8-20-14-6-4-5-7-15(14)21-18(20)16(22)10-13(12)17(20)19(23)24-2/h3-7,13,16-17H,8-11H2,1-2H3/b12-3+/t13-,16-,17-,20-/m1/s1. The van der Waals surface area contributed by atoms with E-state index in [4.69, 9.17) is 9.73 Å². The molecule has 1 aromatic rings. The number of rotatable bonds is 1. The molecule has 0 unspecified atom stereocenters. The molecule has 0 amide bonds. The topological polar surface area (TPSA) is 41.9 Å². The Morgan fingerprint density at radius 2 is 2.25 bits per heavy atom. The van der Waals surface area contributed by atoms with Crippen LogP contribution in [-0.2, 0) is 14.9 Å². The number of aliphatic imine (C=N–C) groups is 1. The third-order valence-electron chi connectivity index (χ3n) is 6.73. The van der Waals surface area contributed by atoms with E-state index in [9.17, 15) is 4.79 Å². The quantitative estimate of drug-likeness (QED) is 0.590. The van der Waals surface area contributed by atoms with E-state index in [0.29, 0.717) is 6.04 Å². The molecule has 24 heavy (non-hydrogen) atoms. The van der Waals surface area contributed by atoms with Crippen molar-refractivity contribution in [1.29, 1.82) is 0 Å². The maximum atomic E-state index is 12.9. The van der Waals surface area contributed by atoms with Crippen molar-refractivity contribution in [2.45, 2.75) is 31.2 Å². The Hall–Kier alpha value is -1.94. The highest BCUT2D eigenvalue weighted by molar-refractivity contribution is 6.09. The van der Waals surface area contributed by atoms with Gasteiger partial charge in [0.15, 0.2) is 0 Å². The van der Waals surface area contributed by atoms with E-state index < -0.39 is 0 Å². The summed E-state index contributed by atoms with van der Waals surface area (Å²) in [5.41, 5.74) is 4.64. The molecule has 4 atom stereocenters. The summed E-state index contributed by atoms with van der Waals surface area (Å²) in [7, 11) is 1.52. The number of allylic oxidation sites excluding steroid dienone is 1. The van der Waals surface area contributed by atoms with Crippen molar-refractivity contribution in [2.75, 3.05) is 20.2 Å². The fraction of sp³-hybridized carbons (Fsp3) is 0.500. The second-order valence-corrected chi connectivity index (χ2v) is 7.43. The molecule has 1 aromatic carbocycles. The number of nitrogens with zero attached hydrogens (tertiary/aromatic N) is 2. The van der Waals surface area contributed by atoms with Gasteiger partial charge in [-0.1, -0.05) is 29.8 Å². The second kappa shape index (κ2) is 4.79. The lowest BCUT2D eigenvalue weighted by Gasteiger charge is -2.59. The molecule has 0 spiro atoms. The molecule has 3 aliphatic heterocycles. The zero-order valence-electron chi connectivity index (χ0n) is 14.2. The van der Waals surface area contributed by atoms with Crippen LogP contribution in [0, 0.1) is 11.8 Å². The molecule has 0 aromatic heterocycles. The van der Waals surface area contributed by atoms with Crippen molar-refractivity contribution in [3.05, 3.63) is 41.5 Å². The van der Waals surface area contributed by atoms with Gasteiger partial charge in [0.1, 0.15) is 0 Å². The first-order valence-corrected chi connectivity index (χ1v) is 8.86. The summed E-state index contributed by atoms with van der Waals surface area (Å²) in [6.07, 6.45) is 4.17. The zero-order chi connectivity index (χ0) is 16.5. The van der Waals surface area contributed by atoms with Gasteiger partial charge in [-0.25, -0.2) is 0 Å². The van der Waals surface area contributed by atoms with E-state index >= 15 is 0 Å². The molecule has 0 radical (unpaired) electrons. The summed E-state index contributed by atoms with van der Waals surface area (Å²) < 4.78 is 5.31. The Labute approximate surface area is 142 Å². The first-order chi connectivity index (χ1) is 11.7. The maximum Gasteiger partial charge on any atom is 0.310 e. The third-order valence-corrected chi connectivity index (χ3v) is 6.73. The lowest BCUT2D eigenvalue weighted by Crippen LogP contribution is -2.68. The Morgan fingerprint density at radius 1 is 1.42 bits per heavy atom. The monoisotopic (exact) mass is 322 g/mol. The van der Waals surface area contributed by atoms with Crippen molar-refractivity contribution in [1.82, 2.24) is 4.90 Å². The Morgan fingerprint density at radius 3 is 3.04 bits per heavy atom. The van der Waals surface area contributed by atoms with Crippen molar-refractivity contribution >= 4 is 17.4 Å². The van der Waals surface area contributed by atoms with Gasteiger partial charge in [-0.05, 0) is 37.3 Å². The van der Waals surface area contributed by atoms with Crippen LogP contribution in [0.15, 0.2) is 40.9 Å². The van der Waals surface area contributed by atoms with Crippen LogP contribution in [0.25, 0.3) is 0 Å². The van der Waals surface area contributed by atoms with Gasteiger partial charge in [0.25, 0.3) is 0 Å². The smallest absolute Gasteiger partial charge is 0.310 e. The number of carbonyl (C=O) groups is 1. The number of piperidine rings is 2. The summed E-state index contributed by atoms with van der Waals surface area (Å²) in [6, 6.07) is 8.76. The highest BCUT2D eigenvalue weighted by Crippen LogP contribution is 2.60. The minimum Gasteiger partial charge on any atom is -0.469 e. The molecule has 5 rings (SSSR count). The molecule has 4 nitrogen and oxygen atoms in total. The second-order valence-electron chi connectivity index (χ2n) is 7.43. The molecule has 0 N–H and O–H groups in total. The van der Waals surface area contributed by atoms with Gasteiger partial charge in [-0.15, -0.1) is 0 Å². The molecule has 1 saturated carbocycles. The first kappa shape index (κ1) is 14.4. The lowest BCUT2D eigenvalue weighted by atomic mass is 9.51. The van der Waals surface area contributed by atoms with Crippen LogP contribution in [0.4, 0.5) is 5.69 Å². The third kappa shape index (κ3) is 1.53. The van der Waals surface area contributed by atoms with Crippen LogP contribution in [0.5, 0.6) is 0 Å². The number of esters is 1. The summed E-state index contributed by atoms with van der Waals surface area (Å²) in [6.45, 7) is 4.09. The van der Waals surface area contributed by atoms with Crippen LogP contribution < -0.4 is 0 Å². The van der Waals surface area contributed by atoms with E-state index in [1.807, 2.05) is 6.07 Å². The van der Waals surface area contributed by atoms with Crippen molar-refractivity contribution < 1.29 is 9.53 Å². The van der Waals surface area contributed by atoms with Crippen LogP contribution in [-0.4, -0.2) is 42.8 Å². The van der Waals surface area contributed by atoms with Crippen molar-refractivity contribution in [3.63, 3.8) is 0 Å². The number of hydrogen-bond donors (Lipinski definition) is 0. The summed E-state index contributed by atoms with van der Waals surface area (Å²) in [5, 5.41) is 0. The number of benzene rings is 1. The summed E-state index contributed by atoms with van der Waals surface area (Å²) in [5.74, 6) is 0.0569. The molecule has 3 heterocycles. The number of hydrogen-bond acceptors (Lipinski definition) is 4. The Balaban J connectivity index is 1.79. The van der Waals surface area contributed by atoms with Crippen LogP contribution in [0.2, 0.25) is 0 Å². The molecule has 4 aliphatic rings. The largest absolute Gasteiger partial charge is 0.469 e. The molecule has 3 fully saturated rings. The van der Waals surface area contributed by atoms with Crippen LogP contribution >= 0.6 is 0 Å². The molecule has 4 heteroatoms. The minimum absolute atomic E-state index is 0.0717. The molecule has 3 bridgehead atoms. The van der Waals surface area contributed by atoms with E-state index in [1.165, 1.54) is 24.0 Å². The lowest BCUT2D eigenvalue weighted by molar-refractivity contribution is -0.151.